The van der Waals surface area contributed by atoms with Gasteiger partial charge in [-0.25, -0.2) is 8.42 Å². The summed E-state index contributed by atoms with van der Waals surface area (Å²) in [6.45, 7) is 4.87. The average molecular weight is 417 g/mol. The second-order valence-electron chi connectivity index (χ2n) is 7.39. The van der Waals surface area contributed by atoms with Crippen LogP contribution in [0.2, 0.25) is 0 Å². The summed E-state index contributed by atoms with van der Waals surface area (Å²) in [5.74, 6) is 0.195. The molecule has 2 aromatic carbocycles. The van der Waals surface area contributed by atoms with Gasteiger partial charge in [0.15, 0.2) is 6.61 Å². The summed E-state index contributed by atoms with van der Waals surface area (Å²) in [5.41, 5.74) is 2.77. The van der Waals surface area contributed by atoms with Crippen LogP contribution in [0.3, 0.4) is 0 Å². The molecular weight excluding hydrogens is 388 g/mol. The molecule has 3 rings (SSSR count). The topological polar surface area (TPSA) is 75.7 Å². The molecule has 0 unspecified atom stereocenters. The van der Waals surface area contributed by atoms with E-state index in [0.717, 1.165) is 42.5 Å². The summed E-state index contributed by atoms with van der Waals surface area (Å²) < 4.78 is 32.7. The minimum Gasteiger partial charge on any atom is -0.484 e. The fourth-order valence-electron chi connectivity index (χ4n) is 3.47. The van der Waals surface area contributed by atoms with E-state index < -0.39 is 10.0 Å². The third-order valence-electron chi connectivity index (χ3n) is 5.14. The Bertz CT molecular complexity index is 927. The molecule has 156 valence electrons. The predicted octanol–water partition coefficient (Wildman–Crippen LogP) is 3.89. The fourth-order valence-corrected chi connectivity index (χ4v) is 4.99. The van der Waals surface area contributed by atoms with Crippen molar-refractivity contribution >= 4 is 21.6 Å². The third kappa shape index (κ3) is 5.36. The highest BCUT2D eigenvalue weighted by Gasteiger charge is 2.25. The van der Waals surface area contributed by atoms with Crippen LogP contribution in [0.25, 0.3) is 0 Å². The van der Waals surface area contributed by atoms with Crippen LogP contribution in [0.5, 0.6) is 5.75 Å². The van der Waals surface area contributed by atoms with Crippen LogP contribution in [0.1, 0.15) is 36.8 Å². The van der Waals surface area contributed by atoms with E-state index in [2.05, 4.69) is 5.32 Å². The van der Waals surface area contributed by atoms with Gasteiger partial charge in [-0.2, -0.15) is 4.31 Å². The van der Waals surface area contributed by atoms with E-state index in [4.69, 9.17) is 4.74 Å². The summed E-state index contributed by atoms with van der Waals surface area (Å²) in [6, 6.07) is 12.1. The quantitative estimate of drug-likeness (QED) is 0.775. The number of benzene rings is 2. The monoisotopic (exact) mass is 416 g/mol. The van der Waals surface area contributed by atoms with Crippen molar-refractivity contribution in [1.82, 2.24) is 4.31 Å². The third-order valence-corrected chi connectivity index (χ3v) is 7.05. The number of nitrogens with zero attached hydrogens (tertiary/aromatic N) is 1. The SMILES string of the molecule is Cc1cccc(C)c1NC(=O)COc1ccc(S(=O)(=O)N2CCCCCC2)cc1. The van der Waals surface area contributed by atoms with Crippen LogP contribution in [0, 0.1) is 13.8 Å². The van der Waals surface area contributed by atoms with Crippen molar-refractivity contribution in [2.45, 2.75) is 44.4 Å². The highest BCUT2D eigenvalue weighted by Crippen LogP contribution is 2.23. The molecule has 1 heterocycles. The van der Waals surface area contributed by atoms with Gasteiger partial charge < -0.3 is 10.1 Å². The van der Waals surface area contributed by atoms with E-state index in [1.54, 1.807) is 28.6 Å². The lowest BCUT2D eigenvalue weighted by Gasteiger charge is -2.20. The van der Waals surface area contributed by atoms with Crippen LogP contribution in [-0.2, 0) is 14.8 Å². The number of para-hydroxylation sites is 1. The summed E-state index contributed by atoms with van der Waals surface area (Å²) in [6.07, 6.45) is 3.94. The molecule has 0 saturated carbocycles. The lowest BCUT2D eigenvalue weighted by molar-refractivity contribution is -0.118. The molecule has 0 aliphatic carbocycles. The minimum absolute atomic E-state index is 0.147. The maximum Gasteiger partial charge on any atom is 0.262 e. The molecule has 0 atom stereocenters. The van der Waals surface area contributed by atoms with E-state index in [1.807, 2.05) is 32.0 Å². The lowest BCUT2D eigenvalue weighted by Crippen LogP contribution is -2.31. The number of nitrogens with one attached hydrogen (secondary N) is 1. The molecule has 1 aliphatic rings. The smallest absolute Gasteiger partial charge is 0.262 e. The number of aryl methyl sites for hydroxylation is 2. The van der Waals surface area contributed by atoms with Gasteiger partial charge in [0.25, 0.3) is 5.91 Å². The molecule has 2 aromatic rings. The zero-order chi connectivity index (χ0) is 20.9. The molecule has 0 bridgehead atoms. The Labute approximate surface area is 172 Å². The number of carbonyl (C=O) groups excluding carboxylic acids is 1. The van der Waals surface area contributed by atoms with Gasteiger partial charge in [0, 0.05) is 18.8 Å². The maximum atomic E-state index is 12.8. The molecule has 1 saturated heterocycles. The highest BCUT2D eigenvalue weighted by atomic mass is 32.2. The fraction of sp³-hybridized carbons (Fsp3) is 0.409. The van der Waals surface area contributed by atoms with Gasteiger partial charge >= 0.3 is 0 Å². The van der Waals surface area contributed by atoms with Crippen LogP contribution >= 0.6 is 0 Å². The number of anilines is 1. The first-order valence-corrected chi connectivity index (χ1v) is 11.4. The Morgan fingerprint density at radius 3 is 2.14 bits per heavy atom. The summed E-state index contributed by atoms with van der Waals surface area (Å²) >= 11 is 0. The maximum absolute atomic E-state index is 12.8. The number of sulfonamides is 1. The largest absolute Gasteiger partial charge is 0.484 e. The van der Waals surface area contributed by atoms with Gasteiger partial charge in [0.1, 0.15) is 5.75 Å². The molecule has 7 heteroatoms. The van der Waals surface area contributed by atoms with Crippen LogP contribution in [-0.4, -0.2) is 38.3 Å². The number of carbonyl (C=O) groups is 1. The highest BCUT2D eigenvalue weighted by molar-refractivity contribution is 7.89. The second kappa shape index (κ2) is 9.41. The molecule has 1 aliphatic heterocycles. The molecular formula is C22H28N2O4S. The molecule has 6 nitrogen and oxygen atoms in total. The van der Waals surface area contributed by atoms with E-state index in [1.165, 1.54) is 0 Å². The summed E-state index contributed by atoms with van der Waals surface area (Å²) in [5, 5.41) is 2.87. The van der Waals surface area contributed by atoms with Crippen LogP contribution < -0.4 is 10.1 Å². The number of hydrogen-bond acceptors (Lipinski definition) is 4. The number of hydrogen-bond donors (Lipinski definition) is 1. The van der Waals surface area contributed by atoms with Crippen molar-refractivity contribution in [1.29, 1.82) is 0 Å². The normalized spacial score (nSPS) is 15.5. The van der Waals surface area contributed by atoms with E-state index in [9.17, 15) is 13.2 Å². The average Bonchev–Trinajstić information content (AvgIpc) is 3.00. The van der Waals surface area contributed by atoms with Crippen molar-refractivity contribution in [2.75, 3.05) is 25.0 Å². The van der Waals surface area contributed by atoms with Gasteiger partial charge in [-0.15, -0.1) is 0 Å². The van der Waals surface area contributed by atoms with Gasteiger partial charge in [0.2, 0.25) is 10.0 Å². The minimum atomic E-state index is -3.49. The zero-order valence-electron chi connectivity index (χ0n) is 17.0. The Hall–Kier alpha value is -2.38. The first-order chi connectivity index (χ1) is 13.9. The second-order valence-corrected chi connectivity index (χ2v) is 9.33. The van der Waals surface area contributed by atoms with Crippen molar-refractivity contribution < 1.29 is 17.9 Å². The predicted molar refractivity (Wildman–Crippen MR) is 114 cm³/mol. The van der Waals surface area contributed by atoms with E-state index >= 15 is 0 Å². The standard InChI is InChI=1S/C22H28N2O4S/c1-17-8-7-9-18(2)22(17)23-21(25)16-28-19-10-12-20(13-11-19)29(26,27)24-14-5-3-4-6-15-24/h7-13H,3-6,14-16H2,1-2H3,(H,23,25). The lowest BCUT2D eigenvalue weighted by atomic mass is 10.1. The molecule has 0 aromatic heterocycles. The summed E-state index contributed by atoms with van der Waals surface area (Å²) in [4.78, 5) is 12.5. The molecule has 0 spiro atoms. The zero-order valence-corrected chi connectivity index (χ0v) is 17.8. The van der Waals surface area contributed by atoms with Gasteiger partial charge in [-0.1, -0.05) is 31.0 Å². The molecule has 29 heavy (non-hydrogen) atoms. The molecule has 1 fully saturated rings. The number of amides is 1. The van der Waals surface area contributed by atoms with Gasteiger partial charge in [-0.3, -0.25) is 4.79 Å². The molecule has 1 N–H and O–H groups in total. The van der Waals surface area contributed by atoms with E-state index in [0.29, 0.717) is 18.8 Å². The van der Waals surface area contributed by atoms with Gasteiger partial charge in [-0.05, 0) is 62.1 Å². The van der Waals surface area contributed by atoms with Crippen molar-refractivity contribution in [3.63, 3.8) is 0 Å². The Morgan fingerprint density at radius 1 is 0.966 bits per heavy atom. The molecule has 0 radical (unpaired) electrons. The Kier molecular flexibility index (Phi) is 6.92. The first kappa shape index (κ1) is 21.3. The van der Waals surface area contributed by atoms with Crippen molar-refractivity contribution in [3.8, 4) is 5.75 Å². The van der Waals surface area contributed by atoms with Crippen molar-refractivity contribution in [2.24, 2.45) is 0 Å². The van der Waals surface area contributed by atoms with Gasteiger partial charge in [0.05, 0.1) is 4.90 Å². The van der Waals surface area contributed by atoms with E-state index in [-0.39, 0.29) is 17.4 Å². The Balaban J connectivity index is 1.59. The van der Waals surface area contributed by atoms with Crippen LogP contribution in [0.4, 0.5) is 5.69 Å². The molecule has 1 amide bonds. The summed E-state index contributed by atoms with van der Waals surface area (Å²) in [7, 11) is -3.49. The van der Waals surface area contributed by atoms with Crippen molar-refractivity contribution in [3.05, 3.63) is 53.6 Å². The Morgan fingerprint density at radius 2 is 1.55 bits per heavy atom. The van der Waals surface area contributed by atoms with Crippen LogP contribution in [0.15, 0.2) is 47.4 Å². The number of rotatable bonds is 6. The number of ether oxygens (including phenoxy) is 1. The first-order valence-electron chi connectivity index (χ1n) is 9.97.